The van der Waals surface area contributed by atoms with Crippen molar-refractivity contribution in [2.24, 2.45) is 0 Å². The van der Waals surface area contributed by atoms with Gasteiger partial charge in [-0.1, -0.05) is 11.2 Å². The van der Waals surface area contributed by atoms with Gasteiger partial charge in [-0.05, 0) is 50.7 Å². The number of rotatable bonds is 8. The molecule has 24 heavy (non-hydrogen) atoms. The first-order valence-corrected chi connectivity index (χ1v) is 9.12. The van der Waals surface area contributed by atoms with Gasteiger partial charge in [0.25, 0.3) is 0 Å². The van der Waals surface area contributed by atoms with E-state index in [1.54, 1.807) is 11.3 Å². The van der Waals surface area contributed by atoms with E-state index in [1.807, 2.05) is 28.4 Å². The Balaban J connectivity index is 1.42. The highest BCUT2D eigenvalue weighted by atomic mass is 32.1. The number of hydrogen-bond donors (Lipinski definition) is 1. The lowest BCUT2D eigenvalue weighted by Crippen LogP contribution is -2.34. The summed E-state index contributed by atoms with van der Waals surface area (Å²) in [6.07, 6.45) is 5.71. The molecule has 0 saturated heterocycles. The SMILES string of the molecule is Cc1cnn([C@H](C)[C@H](C)NCCCc2nc(-c3cccs3)no2)c1. The van der Waals surface area contributed by atoms with Crippen molar-refractivity contribution in [3.05, 3.63) is 41.4 Å². The first kappa shape index (κ1) is 16.9. The molecule has 3 heterocycles. The van der Waals surface area contributed by atoms with Crippen molar-refractivity contribution in [1.82, 2.24) is 25.2 Å². The molecular formula is C17H23N5OS. The van der Waals surface area contributed by atoms with Gasteiger partial charge in [-0.3, -0.25) is 4.68 Å². The quantitative estimate of drug-likeness (QED) is 0.633. The number of aromatic nitrogens is 4. The predicted octanol–water partition coefficient (Wildman–Crippen LogP) is 3.47. The molecule has 2 atom stereocenters. The van der Waals surface area contributed by atoms with Crippen molar-refractivity contribution in [2.45, 2.75) is 45.7 Å². The number of aryl methyl sites for hydroxylation is 2. The maximum Gasteiger partial charge on any atom is 0.227 e. The molecule has 0 radical (unpaired) electrons. The van der Waals surface area contributed by atoms with Crippen LogP contribution in [0.1, 0.15) is 37.8 Å². The summed E-state index contributed by atoms with van der Waals surface area (Å²) in [6.45, 7) is 7.32. The summed E-state index contributed by atoms with van der Waals surface area (Å²) < 4.78 is 7.33. The average molecular weight is 345 g/mol. The van der Waals surface area contributed by atoms with E-state index >= 15 is 0 Å². The minimum absolute atomic E-state index is 0.313. The fourth-order valence-corrected chi connectivity index (χ4v) is 3.14. The van der Waals surface area contributed by atoms with E-state index in [0.717, 1.165) is 24.3 Å². The van der Waals surface area contributed by atoms with Crippen molar-refractivity contribution < 1.29 is 4.52 Å². The minimum atomic E-state index is 0.313. The molecule has 0 aliphatic heterocycles. The Hall–Kier alpha value is -1.99. The van der Waals surface area contributed by atoms with Gasteiger partial charge in [0.05, 0.1) is 17.1 Å². The van der Waals surface area contributed by atoms with Crippen LogP contribution in [0.5, 0.6) is 0 Å². The van der Waals surface area contributed by atoms with Crippen molar-refractivity contribution in [3.8, 4) is 10.7 Å². The summed E-state index contributed by atoms with van der Waals surface area (Å²) >= 11 is 1.62. The van der Waals surface area contributed by atoms with Gasteiger partial charge in [-0.15, -0.1) is 11.3 Å². The van der Waals surface area contributed by atoms with Crippen LogP contribution in [0.25, 0.3) is 10.7 Å². The molecule has 0 aromatic carbocycles. The summed E-state index contributed by atoms with van der Waals surface area (Å²) in [5.74, 6) is 1.38. The summed E-state index contributed by atoms with van der Waals surface area (Å²) in [6, 6.07) is 4.64. The third-order valence-corrected chi connectivity index (χ3v) is 4.98. The second-order valence-electron chi connectivity index (χ2n) is 6.07. The molecule has 0 amide bonds. The smallest absolute Gasteiger partial charge is 0.227 e. The van der Waals surface area contributed by atoms with Gasteiger partial charge in [0.2, 0.25) is 11.7 Å². The average Bonchev–Trinajstić information content (AvgIpc) is 3.31. The highest BCUT2D eigenvalue weighted by Gasteiger charge is 2.14. The van der Waals surface area contributed by atoms with Crippen LogP contribution in [0.3, 0.4) is 0 Å². The third-order valence-electron chi connectivity index (χ3n) is 4.11. The molecule has 1 N–H and O–H groups in total. The van der Waals surface area contributed by atoms with Gasteiger partial charge in [-0.2, -0.15) is 10.1 Å². The van der Waals surface area contributed by atoms with Crippen LogP contribution in [0.2, 0.25) is 0 Å². The number of thiophene rings is 1. The van der Waals surface area contributed by atoms with Crippen LogP contribution in [-0.2, 0) is 6.42 Å². The number of nitrogens with zero attached hydrogens (tertiary/aromatic N) is 4. The Labute approximate surface area is 145 Å². The molecule has 128 valence electrons. The molecule has 3 rings (SSSR count). The molecule has 0 aliphatic carbocycles. The third kappa shape index (κ3) is 4.10. The van der Waals surface area contributed by atoms with Gasteiger partial charge < -0.3 is 9.84 Å². The molecule has 3 aromatic rings. The van der Waals surface area contributed by atoms with Gasteiger partial charge in [0, 0.05) is 18.7 Å². The van der Waals surface area contributed by atoms with Crippen LogP contribution in [0.15, 0.2) is 34.4 Å². The summed E-state index contributed by atoms with van der Waals surface area (Å²) in [5.41, 5.74) is 1.19. The Bertz CT molecular complexity index is 749. The second kappa shape index (κ2) is 7.72. The monoisotopic (exact) mass is 345 g/mol. The van der Waals surface area contributed by atoms with E-state index in [4.69, 9.17) is 4.52 Å². The molecule has 0 fully saturated rings. The first-order valence-electron chi connectivity index (χ1n) is 8.24. The normalized spacial score (nSPS) is 14.0. The fraction of sp³-hybridized carbons (Fsp3) is 0.471. The zero-order valence-corrected chi connectivity index (χ0v) is 15.1. The lowest BCUT2D eigenvalue weighted by atomic mass is 10.1. The predicted molar refractivity (Wildman–Crippen MR) is 95.1 cm³/mol. The van der Waals surface area contributed by atoms with Gasteiger partial charge in [0.15, 0.2) is 0 Å². The molecule has 0 bridgehead atoms. The van der Waals surface area contributed by atoms with E-state index in [-0.39, 0.29) is 0 Å². The van der Waals surface area contributed by atoms with Gasteiger partial charge >= 0.3 is 0 Å². The second-order valence-corrected chi connectivity index (χ2v) is 7.02. The molecule has 0 aliphatic rings. The maximum absolute atomic E-state index is 5.32. The van der Waals surface area contributed by atoms with Crippen LogP contribution in [-0.4, -0.2) is 32.5 Å². The minimum Gasteiger partial charge on any atom is -0.339 e. The maximum atomic E-state index is 5.32. The molecule has 0 spiro atoms. The van der Waals surface area contributed by atoms with Gasteiger partial charge in [-0.25, -0.2) is 0 Å². The van der Waals surface area contributed by atoms with E-state index in [1.165, 1.54) is 5.56 Å². The zero-order valence-electron chi connectivity index (χ0n) is 14.3. The van der Waals surface area contributed by atoms with Crippen LogP contribution in [0.4, 0.5) is 0 Å². The summed E-state index contributed by atoms with van der Waals surface area (Å²) in [4.78, 5) is 5.49. The molecule has 0 saturated carbocycles. The molecular weight excluding hydrogens is 322 g/mol. The van der Waals surface area contributed by atoms with E-state index in [9.17, 15) is 0 Å². The summed E-state index contributed by atoms with van der Waals surface area (Å²) in [5, 5.41) is 14.0. The Morgan fingerprint density at radius 2 is 2.25 bits per heavy atom. The largest absolute Gasteiger partial charge is 0.339 e. The van der Waals surface area contributed by atoms with Crippen molar-refractivity contribution >= 4 is 11.3 Å². The van der Waals surface area contributed by atoms with Crippen molar-refractivity contribution in [2.75, 3.05) is 6.54 Å². The fourth-order valence-electron chi connectivity index (χ4n) is 2.49. The van der Waals surface area contributed by atoms with Gasteiger partial charge in [0.1, 0.15) is 0 Å². The molecule has 0 unspecified atom stereocenters. The number of nitrogens with one attached hydrogen (secondary N) is 1. The Kier molecular flexibility index (Phi) is 5.42. The Morgan fingerprint density at radius 1 is 1.38 bits per heavy atom. The van der Waals surface area contributed by atoms with Crippen molar-refractivity contribution in [3.63, 3.8) is 0 Å². The van der Waals surface area contributed by atoms with E-state index in [2.05, 4.69) is 47.5 Å². The lowest BCUT2D eigenvalue weighted by Gasteiger charge is -2.21. The van der Waals surface area contributed by atoms with Crippen LogP contribution >= 0.6 is 11.3 Å². The first-order chi connectivity index (χ1) is 11.6. The lowest BCUT2D eigenvalue weighted by molar-refractivity contribution is 0.353. The highest BCUT2D eigenvalue weighted by molar-refractivity contribution is 7.13. The zero-order chi connectivity index (χ0) is 16.9. The molecule has 6 nitrogen and oxygen atoms in total. The highest BCUT2D eigenvalue weighted by Crippen LogP contribution is 2.21. The Morgan fingerprint density at radius 3 is 2.96 bits per heavy atom. The van der Waals surface area contributed by atoms with E-state index < -0.39 is 0 Å². The number of hydrogen-bond acceptors (Lipinski definition) is 6. The molecule has 3 aromatic heterocycles. The van der Waals surface area contributed by atoms with Crippen LogP contribution < -0.4 is 5.32 Å². The standard InChI is InChI=1S/C17H23N5OS/c1-12-10-19-22(11-12)14(3)13(2)18-8-4-7-16-20-17(21-23-16)15-6-5-9-24-15/h5-6,9-11,13-14,18H,4,7-8H2,1-3H3/t13-,14+/m0/s1. The molecule has 7 heteroatoms. The topological polar surface area (TPSA) is 68.8 Å². The van der Waals surface area contributed by atoms with Crippen molar-refractivity contribution in [1.29, 1.82) is 0 Å². The van der Waals surface area contributed by atoms with E-state index in [0.29, 0.717) is 23.8 Å². The summed E-state index contributed by atoms with van der Waals surface area (Å²) in [7, 11) is 0. The van der Waals surface area contributed by atoms with Crippen LogP contribution in [0, 0.1) is 6.92 Å².